The largest absolute Gasteiger partial charge is 0.493 e. The first-order valence-corrected chi connectivity index (χ1v) is 14.3. The molecule has 200 valence electrons. The number of piperidine rings is 1. The number of fused-ring (bicyclic) bond motifs is 1. The van der Waals surface area contributed by atoms with Crippen LogP contribution in [0.2, 0.25) is 5.02 Å². The number of hydrogen-bond acceptors (Lipinski definition) is 7. The van der Waals surface area contributed by atoms with Crippen molar-refractivity contribution < 1.29 is 32.2 Å². The Labute approximate surface area is 222 Å². The highest BCUT2D eigenvalue weighted by molar-refractivity contribution is 7.89. The minimum atomic E-state index is -3.88. The zero-order chi connectivity index (χ0) is 25.9. The molecule has 2 aromatic carbocycles. The summed E-state index contributed by atoms with van der Waals surface area (Å²) in [5, 5.41) is 0.0935. The average Bonchev–Trinajstić information content (AvgIpc) is 2.93. The molecular weight excluding hydrogens is 520 g/mol. The summed E-state index contributed by atoms with van der Waals surface area (Å²) in [5.74, 6) is 1.57. The lowest BCUT2D eigenvalue weighted by atomic mass is 9.76. The molecule has 0 unspecified atom stereocenters. The number of benzene rings is 2. The number of carbonyl (C=O) groups is 1. The monoisotopic (exact) mass is 550 g/mol. The molecule has 0 atom stereocenters. The fourth-order valence-corrected chi connectivity index (χ4v) is 6.90. The first-order valence-electron chi connectivity index (χ1n) is 12.5. The molecule has 2 aromatic rings. The van der Waals surface area contributed by atoms with Gasteiger partial charge in [0.25, 0.3) is 0 Å². The predicted molar refractivity (Wildman–Crippen MR) is 137 cm³/mol. The van der Waals surface area contributed by atoms with Crippen molar-refractivity contribution in [2.45, 2.75) is 24.2 Å². The van der Waals surface area contributed by atoms with E-state index in [1.165, 1.54) is 16.4 Å². The Kier molecular flexibility index (Phi) is 7.80. The summed E-state index contributed by atoms with van der Waals surface area (Å²) < 4.78 is 51.2. The van der Waals surface area contributed by atoms with Crippen molar-refractivity contribution in [3.63, 3.8) is 0 Å². The average molecular weight is 551 g/mol. The highest BCUT2D eigenvalue weighted by Crippen LogP contribution is 2.41. The lowest BCUT2D eigenvalue weighted by Gasteiger charge is -2.42. The topological polar surface area (TPSA) is 94.6 Å². The maximum atomic E-state index is 13.6. The Hall–Kier alpha value is -2.53. The van der Waals surface area contributed by atoms with Crippen LogP contribution in [-0.4, -0.2) is 82.7 Å². The number of halogens is 1. The smallest absolute Gasteiger partial charge is 0.244 e. The third kappa shape index (κ3) is 5.82. The molecule has 0 spiro atoms. The van der Waals surface area contributed by atoms with Gasteiger partial charge in [-0.05, 0) is 25.0 Å². The molecule has 0 aromatic heterocycles. The normalized spacial score (nSPS) is 19.9. The van der Waals surface area contributed by atoms with E-state index < -0.39 is 15.4 Å². The molecular formula is C26H31ClN2O7S. The molecule has 2 fully saturated rings. The van der Waals surface area contributed by atoms with Gasteiger partial charge in [0.05, 0.1) is 24.8 Å². The first kappa shape index (κ1) is 26.1. The van der Waals surface area contributed by atoms with Crippen LogP contribution in [0.3, 0.4) is 0 Å². The van der Waals surface area contributed by atoms with Gasteiger partial charge in [0, 0.05) is 50.1 Å². The predicted octanol–water partition coefficient (Wildman–Crippen LogP) is 3.21. The number of morpholine rings is 1. The van der Waals surface area contributed by atoms with Gasteiger partial charge < -0.3 is 23.8 Å². The molecule has 0 N–H and O–H groups in total. The lowest BCUT2D eigenvalue weighted by Crippen LogP contribution is -2.49. The van der Waals surface area contributed by atoms with E-state index in [0.717, 1.165) is 5.75 Å². The van der Waals surface area contributed by atoms with Crippen LogP contribution in [0.15, 0.2) is 47.4 Å². The third-order valence-electron chi connectivity index (χ3n) is 7.18. The maximum absolute atomic E-state index is 13.6. The van der Waals surface area contributed by atoms with Crippen LogP contribution < -0.4 is 14.2 Å². The van der Waals surface area contributed by atoms with Gasteiger partial charge >= 0.3 is 0 Å². The number of hydrogen-bond donors (Lipinski definition) is 0. The number of nitrogens with zero attached hydrogens (tertiary/aromatic N) is 2. The van der Waals surface area contributed by atoms with Crippen molar-refractivity contribution in [2.24, 2.45) is 5.41 Å². The summed E-state index contributed by atoms with van der Waals surface area (Å²) in [6.45, 7) is 3.75. The number of carbonyl (C=O) groups excluding carboxylic acids is 1. The zero-order valence-electron chi connectivity index (χ0n) is 20.6. The molecule has 0 radical (unpaired) electrons. The van der Waals surface area contributed by atoms with Crippen molar-refractivity contribution in [2.75, 3.05) is 59.2 Å². The second-order valence-electron chi connectivity index (χ2n) is 9.60. The molecule has 5 rings (SSSR count). The number of ether oxygens (including phenoxy) is 4. The molecule has 2 saturated heterocycles. The Bertz CT molecular complexity index is 1210. The Morgan fingerprint density at radius 1 is 0.946 bits per heavy atom. The van der Waals surface area contributed by atoms with Gasteiger partial charge in [-0.1, -0.05) is 29.8 Å². The Morgan fingerprint density at radius 2 is 1.59 bits per heavy atom. The van der Waals surface area contributed by atoms with Crippen molar-refractivity contribution in [1.82, 2.24) is 9.21 Å². The summed E-state index contributed by atoms with van der Waals surface area (Å²) in [5.41, 5.74) is -0.492. The fraction of sp³-hybridized carbons (Fsp3) is 0.500. The van der Waals surface area contributed by atoms with Crippen LogP contribution in [0, 0.1) is 5.41 Å². The van der Waals surface area contributed by atoms with Gasteiger partial charge in [-0.3, -0.25) is 4.79 Å². The first-order chi connectivity index (χ1) is 17.9. The molecule has 0 saturated carbocycles. The second-order valence-corrected chi connectivity index (χ2v) is 11.9. The van der Waals surface area contributed by atoms with Gasteiger partial charge in [0.2, 0.25) is 15.9 Å². The van der Waals surface area contributed by atoms with Gasteiger partial charge in [-0.2, -0.15) is 4.31 Å². The van der Waals surface area contributed by atoms with Crippen molar-refractivity contribution in [3.8, 4) is 17.2 Å². The molecule has 11 heteroatoms. The van der Waals surface area contributed by atoms with Crippen molar-refractivity contribution in [1.29, 1.82) is 0 Å². The summed E-state index contributed by atoms with van der Waals surface area (Å²) in [6, 6.07) is 12.4. The van der Waals surface area contributed by atoms with E-state index in [1.54, 1.807) is 0 Å². The Morgan fingerprint density at radius 3 is 2.27 bits per heavy atom. The van der Waals surface area contributed by atoms with E-state index in [4.69, 9.17) is 30.5 Å². The van der Waals surface area contributed by atoms with Crippen LogP contribution in [0.4, 0.5) is 0 Å². The molecule has 37 heavy (non-hydrogen) atoms. The molecule has 3 heterocycles. The molecule has 3 aliphatic heterocycles. The minimum Gasteiger partial charge on any atom is -0.493 e. The third-order valence-corrected chi connectivity index (χ3v) is 9.54. The van der Waals surface area contributed by atoms with Gasteiger partial charge in [-0.25, -0.2) is 8.42 Å². The molecule has 9 nitrogen and oxygen atoms in total. The standard InChI is InChI=1S/C26H31ClN2O7S/c27-21-16-22-23(35-15-14-34-22)17-24(21)37(31,32)29-8-6-26(7-9-29,19-36-20-4-2-1-3-5-20)18-25(30)28-10-12-33-13-11-28/h1-5,16-17H,6-15,18-19H2. The van der Waals surface area contributed by atoms with E-state index in [0.29, 0.717) is 76.9 Å². The summed E-state index contributed by atoms with van der Waals surface area (Å²) in [6.07, 6.45) is 1.26. The van der Waals surface area contributed by atoms with E-state index in [9.17, 15) is 13.2 Å². The lowest BCUT2D eigenvalue weighted by molar-refractivity contribution is -0.139. The quantitative estimate of drug-likeness (QED) is 0.522. The zero-order valence-corrected chi connectivity index (χ0v) is 22.1. The van der Waals surface area contributed by atoms with Crippen molar-refractivity contribution in [3.05, 3.63) is 47.5 Å². The molecule has 3 aliphatic rings. The van der Waals surface area contributed by atoms with E-state index in [1.807, 2.05) is 35.2 Å². The second kappa shape index (κ2) is 11.1. The highest BCUT2D eigenvalue weighted by Gasteiger charge is 2.42. The van der Waals surface area contributed by atoms with Crippen LogP contribution in [0.25, 0.3) is 0 Å². The van der Waals surface area contributed by atoms with Crippen LogP contribution in [0.5, 0.6) is 17.2 Å². The molecule has 0 aliphatic carbocycles. The Balaban J connectivity index is 1.33. The van der Waals surface area contributed by atoms with Gasteiger partial charge in [0.1, 0.15) is 23.9 Å². The van der Waals surface area contributed by atoms with E-state index in [-0.39, 0.29) is 28.9 Å². The summed E-state index contributed by atoms with van der Waals surface area (Å²) >= 11 is 6.37. The van der Waals surface area contributed by atoms with Crippen LogP contribution in [0.1, 0.15) is 19.3 Å². The van der Waals surface area contributed by atoms with Gasteiger partial charge in [-0.15, -0.1) is 0 Å². The van der Waals surface area contributed by atoms with Gasteiger partial charge in [0.15, 0.2) is 11.5 Å². The minimum absolute atomic E-state index is 0.00385. The number of para-hydroxylation sites is 1. The van der Waals surface area contributed by atoms with E-state index >= 15 is 0 Å². The SMILES string of the molecule is O=C(CC1(COc2ccccc2)CCN(S(=O)(=O)c2cc3c(cc2Cl)OCCO3)CC1)N1CCOCC1. The summed E-state index contributed by atoms with van der Waals surface area (Å²) in [7, 11) is -3.88. The van der Waals surface area contributed by atoms with Crippen LogP contribution >= 0.6 is 11.6 Å². The fourth-order valence-electron chi connectivity index (χ4n) is 4.95. The number of amides is 1. The number of rotatable bonds is 7. The maximum Gasteiger partial charge on any atom is 0.244 e. The number of sulfonamides is 1. The van der Waals surface area contributed by atoms with Crippen LogP contribution in [-0.2, 0) is 19.6 Å². The van der Waals surface area contributed by atoms with Crippen molar-refractivity contribution >= 4 is 27.5 Å². The van der Waals surface area contributed by atoms with E-state index in [2.05, 4.69) is 0 Å². The molecule has 1 amide bonds. The molecule has 0 bridgehead atoms. The summed E-state index contributed by atoms with van der Waals surface area (Å²) in [4.78, 5) is 15.0. The highest BCUT2D eigenvalue weighted by atomic mass is 35.5.